The first-order valence-corrected chi connectivity index (χ1v) is 9.38. The van der Waals surface area contributed by atoms with Crippen LogP contribution in [-0.4, -0.2) is 48.0 Å². The Morgan fingerprint density at radius 2 is 1.85 bits per heavy atom. The quantitative estimate of drug-likeness (QED) is 0.496. The van der Waals surface area contributed by atoms with E-state index < -0.39 is 17.2 Å². The Bertz CT molecular complexity index is 625. The molecule has 8 nitrogen and oxygen atoms in total. The number of aliphatic imine (C=N–C) groups is 1. The van der Waals surface area contributed by atoms with Gasteiger partial charge >= 0.3 is 6.09 Å². The highest BCUT2D eigenvalue weighted by molar-refractivity contribution is 5.79. The summed E-state index contributed by atoms with van der Waals surface area (Å²) in [5, 5.41) is 13.3. The van der Waals surface area contributed by atoms with E-state index in [0.717, 1.165) is 30.0 Å². The van der Waals surface area contributed by atoms with Gasteiger partial charge in [-0.3, -0.25) is 4.99 Å². The Kier molecular flexibility index (Phi) is 8.12. The summed E-state index contributed by atoms with van der Waals surface area (Å²) in [6.45, 7) is 17.1. The first-order chi connectivity index (χ1) is 12.4. The Labute approximate surface area is 162 Å². The number of alkyl carbamates (subject to hydrolysis) is 1. The SMILES string of the molecule is CCNC(=NCC(C)(C)NC(=O)OC(C)(C)C)NCCc1c(C)noc1C. The Morgan fingerprint density at radius 1 is 1.19 bits per heavy atom. The number of ether oxygens (including phenoxy) is 1. The van der Waals surface area contributed by atoms with Crippen LogP contribution in [0.15, 0.2) is 9.52 Å². The van der Waals surface area contributed by atoms with Crippen LogP contribution in [0.5, 0.6) is 0 Å². The lowest BCUT2D eigenvalue weighted by atomic mass is 10.1. The zero-order valence-electron chi connectivity index (χ0n) is 17.9. The molecule has 154 valence electrons. The van der Waals surface area contributed by atoms with Crippen molar-refractivity contribution >= 4 is 12.1 Å². The van der Waals surface area contributed by atoms with Crippen molar-refractivity contribution in [3.8, 4) is 0 Å². The highest BCUT2D eigenvalue weighted by Gasteiger charge is 2.24. The number of hydrogen-bond donors (Lipinski definition) is 3. The number of carbonyl (C=O) groups excluding carboxylic acids is 1. The van der Waals surface area contributed by atoms with Crippen LogP contribution >= 0.6 is 0 Å². The van der Waals surface area contributed by atoms with Gasteiger partial charge in [0.15, 0.2) is 5.96 Å². The molecule has 27 heavy (non-hydrogen) atoms. The van der Waals surface area contributed by atoms with Gasteiger partial charge in [0.25, 0.3) is 0 Å². The largest absolute Gasteiger partial charge is 0.444 e. The Hall–Kier alpha value is -2.25. The highest BCUT2D eigenvalue weighted by Crippen LogP contribution is 2.12. The summed E-state index contributed by atoms with van der Waals surface area (Å²) in [6, 6.07) is 0. The maximum atomic E-state index is 12.0. The molecule has 0 fully saturated rings. The molecule has 8 heteroatoms. The molecule has 0 radical (unpaired) electrons. The standard InChI is InChI=1S/C19H35N5O3/c1-9-20-16(21-11-10-15-13(2)24-27-14(15)3)22-12-19(7,8)23-17(25)26-18(4,5)6/h9-12H2,1-8H3,(H,23,25)(H2,20,21,22). The molecule has 0 spiro atoms. The van der Waals surface area contributed by atoms with Crippen molar-refractivity contribution in [2.24, 2.45) is 4.99 Å². The average molecular weight is 382 g/mol. The van der Waals surface area contributed by atoms with Gasteiger partial charge in [-0.2, -0.15) is 0 Å². The normalized spacial score (nSPS) is 12.7. The molecule has 0 aliphatic carbocycles. The number of aryl methyl sites for hydroxylation is 2. The third-order valence-electron chi connectivity index (χ3n) is 3.66. The van der Waals surface area contributed by atoms with Crippen LogP contribution < -0.4 is 16.0 Å². The van der Waals surface area contributed by atoms with Crippen LogP contribution in [0, 0.1) is 13.8 Å². The van der Waals surface area contributed by atoms with E-state index in [1.165, 1.54) is 0 Å². The topological polar surface area (TPSA) is 101 Å². The molecule has 0 atom stereocenters. The Morgan fingerprint density at radius 3 is 2.37 bits per heavy atom. The maximum Gasteiger partial charge on any atom is 0.408 e. The summed E-state index contributed by atoms with van der Waals surface area (Å²) in [5.41, 5.74) is 0.967. The van der Waals surface area contributed by atoms with Gasteiger partial charge in [0, 0.05) is 18.7 Å². The number of nitrogens with one attached hydrogen (secondary N) is 3. The second kappa shape index (κ2) is 9.62. The van der Waals surface area contributed by atoms with Crippen LogP contribution in [0.4, 0.5) is 4.79 Å². The smallest absolute Gasteiger partial charge is 0.408 e. The lowest BCUT2D eigenvalue weighted by Gasteiger charge is -2.27. The molecule has 0 aliphatic rings. The molecule has 0 aliphatic heterocycles. The molecule has 1 heterocycles. The van der Waals surface area contributed by atoms with E-state index in [2.05, 4.69) is 26.1 Å². The number of rotatable bonds is 7. The lowest BCUT2D eigenvalue weighted by Crippen LogP contribution is -2.49. The van der Waals surface area contributed by atoms with E-state index in [-0.39, 0.29) is 0 Å². The highest BCUT2D eigenvalue weighted by atomic mass is 16.6. The van der Waals surface area contributed by atoms with E-state index in [4.69, 9.17) is 9.26 Å². The lowest BCUT2D eigenvalue weighted by molar-refractivity contribution is 0.0476. The fourth-order valence-corrected chi connectivity index (χ4v) is 2.40. The van der Waals surface area contributed by atoms with Gasteiger partial charge in [-0.1, -0.05) is 5.16 Å². The van der Waals surface area contributed by atoms with Crippen LogP contribution in [0.2, 0.25) is 0 Å². The molecule has 1 aromatic rings. The van der Waals surface area contributed by atoms with E-state index >= 15 is 0 Å². The van der Waals surface area contributed by atoms with Crippen molar-refractivity contribution in [3.05, 3.63) is 17.0 Å². The van der Waals surface area contributed by atoms with Crippen molar-refractivity contribution in [1.29, 1.82) is 0 Å². The minimum absolute atomic E-state index is 0.410. The summed E-state index contributed by atoms with van der Waals surface area (Å²) < 4.78 is 10.5. The third-order valence-corrected chi connectivity index (χ3v) is 3.66. The number of aromatic nitrogens is 1. The van der Waals surface area contributed by atoms with Gasteiger partial charge in [0.1, 0.15) is 11.4 Å². The van der Waals surface area contributed by atoms with Crippen LogP contribution in [-0.2, 0) is 11.2 Å². The van der Waals surface area contributed by atoms with Crippen molar-refractivity contribution in [1.82, 2.24) is 21.1 Å². The van der Waals surface area contributed by atoms with Crippen LogP contribution in [0.1, 0.15) is 58.6 Å². The molecule has 3 N–H and O–H groups in total. The first kappa shape index (κ1) is 22.8. The number of hydrogen-bond acceptors (Lipinski definition) is 5. The molecule has 0 aromatic carbocycles. The zero-order valence-corrected chi connectivity index (χ0v) is 17.9. The molecule has 1 rings (SSSR count). The summed E-state index contributed by atoms with van der Waals surface area (Å²) in [5.74, 6) is 1.54. The molecule has 1 amide bonds. The molecule has 0 unspecified atom stereocenters. The van der Waals surface area contributed by atoms with Gasteiger partial charge < -0.3 is 25.2 Å². The summed E-state index contributed by atoms with van der Waals surface area (Å²) in [4.78, 5) is 16.6. The number of nitrogens with zero attached hydrogens (tertiary/aromatic N) is 2. The first-order valence-electron chi connectivity index (χ1n) is 9.38. The summed E-state index contributed by atoms with van der Waals surface area (Å²) in [6.07, 6.45) is 0.351. The summed E-state index contributed by atoms with van der Waals surface area (Å²) in [7, 11) is 0. The zero-order chi connectivity index (χ0) is 20.7. The number of amides is 1. The van der Waals surface area contributed by atoms with Gasteiger partial charge in [0.2, 0.25) is 0 Å². The van der Waals surface area contributed by atoms with Crippen LogP contribution in [0.25, 0.3) is 0 Å². The number of carbonyl (C=O) groups is 1. The van der Waals surface area contributed by atoms with Crippen molar-refractivity contribution in [2.75, 3.05) is 19.6 Å². The van der Waals surface area contributed by atoms with E-state index in [0.29, 0.717) is 19.0 Å². The van der Waals surface area contributed by atoms with E-state index in [1.807, 2.05) is 55.4 Å². The molecule has 0 saturated carbocycles. The Balaban J connectivity index is 2.59. The van der Waals surface area contributed by atoms with Gasteiger partial charge in [-0.25, -0.2) is 4.79 Å². The predicted octanol–water partition coefficient (Wildman–Crippen LogP) is 2.69. The average Bonchev–Trinajstić information content (AvgIpc) is 2.82. The summed E-state index contributed by atoms with van der Waals surface area (Å²) >= 11 is 0. The maximum absolute atomic E-state index is 12.0. The van der Waals surface area contributed by atoms with Crippen molar-refractivity contribution < 1.29 is 14.1 Å². The van der Waals surface area contributed by atoms with Gasteiger partial charge in [-0.15, -0.1) is 0 Å². The molecular formula is C19H35N5O3. The van der Waals surface area contributed by atoms with E-state index in [1.54, 1.807) is 0 Å². The second-order valence-electron chi connectivity index (χ2n) is 8.19. The molecule has 0 bridgehead atoms. The predicted molar refractivity (Wildman–Crippen MR) is 107 cm³/mol. The van der Waals surface area contributed by atoms with Crippen molar-refractivity contribution in [3.63, 3.8) is 0 Å². The molecule has 1 aromatic heterocycles. The molecule has 0 saturated heterocycles. The second-order valence-corrected chi connectivity index (χ2v) is 8.19. The molecular weight excluding hydrogens is 346 g/mol. The van der Waals surface area contributed by atoms with Crippen LogP contribution in [0.3, 0.4) is 0 Å². The van der Waals surface area contributed by atoms with Crippen molar-refractivity contribution in [2.45, 2.75) is 73.0 Å². The monoisotopic (exact) mass is 381 g/mol. The fourth-order valence-electron chi connectivity index (χ4n) is 2.40. The fraction of sp³-hybridized carbons (Fsp3) is 0.737. The van der Waals surface area contributed by atoms with Gasteiger partial charge in [0.05, 0.1) is 17.8 Å². The minimum Gasteiger partial charge on any atom is -0.444 e. The third kappa shape index (κ3) is 8.79. The minimum atomic E-state index is -0.535. The number of guanidine groups is 1. The van der Waals surface area contributed by atoms with Gasteiger partial charge in [-0.05, 0) is 61.8 Å². The van der Waals surface area contributed by atoms with E-state index in [9.17, 15) is 4.79 Å².